The number of sulfonamides is 1. The van der Waals surface area contributed by atoms with Gasteiger partial charge in [0.05, 0.1) is 10.6 Å². The molecular weight excluding hydrogens is 609 g/mol. The van der Waals surface area contributed by atoms with Gasteiger partial charge < -0.3 is 19.7 Å². The van der Waals surface area contributed by atoms with Gasteiger partial charge in [-0.25, -0.2) is 12.8 Å². The van der Waals surface area contributed by atoms with Crippen molar-refractivity contribution in [1.82, 2.24) is 10.2 Å². The summed E-state index contributed by atoms with van der Waals surface area (Å²) in [7, 11) is -4.27. The van der Waals surface area contributed by atoms with E-state index in [1.807, 2.05) is 44.2 Å². The van der Waals surface area contributed by atoms with Crippen LogP contribution < -0.4 is 19.1 Å². The first-order chi connectivity index (χ1) is 22.1. The van der Waals surface area contributed by atoms with E-state index in [4.69, 9.17) is 9.47 Å². The maximum Gasteiger partial charge on any atom is 0.264 e. The van der Waals surface area contributed by atoms with Crippen LogP contribution in [0.4, 0.5) is 10.1 Å². The van der Waals surface area contributed by atoms with Crippen molar-refractivity contribution in [3.63, 3.8) is 0 Å². The minimum absolute atomic E-state index is 0.0128. The van der Waals surface area contributed by atoms with Crippen LogP contribution >= 0.6 is 0 Å². The van der Waals surface area contributed by atoms with Gasteiger partial charge in [-0.1, -0.05) is 60.7 Å². The number of rotatable bonds is 12. The molecule has 4 aromatic rings. The first-order valence-corrected chi connectivity index (χ1v) is 16.4. The van der Waals surface area contributed by atoms with E-state index >= 15 is 0 Å². The summed E-state index contributed by atoms with van der Waals surface area (Å²) in [6, 6.07) is 26.1. The number of nitrogens with one attached hydrogen (secondary N) is 1. The summed E-state index contributed by atoms with van der Waals surface area (Å²) >= 11 is 0. The number of anilines is 1. The van der Waals surface area contributed by atoms with Gasteiger partial charge in [0.2, 0.25) is 11.8 Å². The van der Waals surface area contributed by atoms with Crippen LogP contribution in [0.5, 0.6) is 11.5 Å². The Bertz CT molecular complexity index is 1750. The minimum Gasteiger partial charge on any atom is -0.486 e. The van der Waals surface area contributed by atoms with Gasteiger partial charge in [0.25, 0.3) is 10.0 Å². The second-order valence-corrected chi connectivity index (χ2v) is 13.0. The highest BCUT2D eigenvalue weighted by Crippen LogP contribution is 2.36. The summed E-state index contributed by atoms with van der Waals surface area (Å²) in [5, 5.41) is 2.91. The summed E-state index contributed by atoms with van der Waals surface area (Å²) in [4.78, 5) is 29.6. The summed E-state index contributed by atoms with van der Waals surface area (Å²) in [6.45, 7) is 3.59. The van der Waals surface area contributed by atoms with Gasteiger partial charge in [-0.05, 0) is 61.4 Å². The van der Waals surface area contributed by atoms with Crippen LogP contribution in [0.3, 0.4) is 0 Å². The van der Waals surface area contributed by atoms with E-state index in [0.29, 0.717) is 30.3 Å². The van der Waals surface area contributed by atoms with Crippen molar-refractivity contribution in [3.05, 3.63) is 120 Å². The zero-order valence-electron chi connectivity index (χ0n) is 25.6. The van der Waals surface area contributed by atoms with Crippen molar-refractivity contribution < 1.29 is 31.9 Å². The van der Waals surface area contributed by atoms with Gasteiger partial charge in [-0.3, -0.25) is 13.9 Å². The smallest absolute Gasteiger partial charge is 0.264 e. The van der Waals surface area contributed by atoms with Crippen molar-refractivity contribution in [2.75, 3.05) is 24.1 Å². The summed E-state index contributed by atoms with van der Waals surface area (Å²) < 4.78 is 54.5. The van der Waals surface area contributed by atoms with E-state index in [-0.39, 0.29) is 29.6 Å². The number of ether oxygens (including phenoxy) is 2. The van der Waals surface area contributed by atoms with Crippen LogP contribution in [0.1, 0.15) is 25.0 Å². The van der Waals surface area contributed by atoms with Crippen LogP contribution in [0.2, 0.25) is 0 Å². The Morgan fingerprint density at radius 3 is 2.11 bits per heavy atom. The molecule has 0 unspecified atom stereocenters. The molecule has 46 heavy (non-hydrogen) atoms. The molecule has 5 rings (SSSR count). The number of carbonyl (C=O) groups excluding carboxylic acids is 2. The Labute approximate surface area is 268 Å². The standard InChI is InChI=1S/C35H36FN3O6S/c1-25(2)37-35(41)31(21-26-9-5-3-6-10-26)38(23-27-13-15-28(36)16-14-27)34(40)24-39(46(42,43)30-11-7-4-8-12-30)29-17-18-32-33(22-29)45-20-19-44-32/h3-18,22,25,31H,19-21,23-24H2,1-2H3,(H,37,41)/t31-/m0/s1. The third-order valence-corrected chi connectivity index (χ3v) is 9.18. The van der Waals surface area contributed by atoms with Crippen LogP contribution in [0.15, 0.2) is 108 Å². The highest BCUT2D eigenvalue weighted by atomic mass is 32.2. The molecule has 0 radical (unpaired) electrons. The van der Waals surface area contributed by atoms with Crippen LogP contribution in [0, 0.1) is 5.82 Å². The molecule has 0 saturated heterocycles. The Hall–Kier alpha value is -4.90. The summed E-state index contributed by atoms with van der Waals surface area (Å²) in [6.07, 6.45) is 0.168. The molecular formula is C35H36FN3O6S. The zero-order chi connectivity index (χ0) is 32.7. The molecule has 1 atom stereocenters. The molecule has 240 valence electrons. The van der Waals surface area contributed by atoms with Crippen LogP contribution in [0.25, 0.3) is 0 Å². The molecule has 2 amide bonds. The van der Waals surface area contributed by atoms with Gasteiger partial charge >= 0.3 is 0 Å². The van der Waals surface area contributed by atoms with Crippen LogP contribution in [-0.4, -0.2) is 57.0 Å². The lowest BCUT2D eigenvalue weighted by Crippen LogP contribution is -2.54. The van der Waals surface area contributed by atoms with Crippen molar-refractivity contribution in [2.24, 2.45) is 0 Å². The van der Waals surface area contributed by atoms with Gasteiger partial charge in [0.1, 0.15) is 31.6 Å². The average molecular weight is 646 g/mol. The molecule has 4 aromatic carbocycles. The molecule has 0 fully saturated rings. The fourth-order valence-corrected chi connectivity index (χ4v) is 6.58. The second kappa shape index (κ2) is 14.5. The van der Waals surface area contributed by atoms with E-state index in [1.54, 1.807) is 30.3 Å². The first kappa shape index (κ1) is 32.5. The maximum atomic E-state index is 14.5. The molecule has 1 N–H and O–H groups in total. The van der Waals surface area contributed by atoms with Gasteiger partial charge in [0.15, 0.2) is 11.5 Å². The number of carbonyl (C=O) groups is 2. The SMILES string of the molecule is CC(C)NC(=O)[C@H](Cc1ccccc1)N(Cc1ccc(F)cc1)C(=O)CN(c1ccc2c(c1)OCCO2)S(=O)(=O)c1ccccc1. The Morgan fingerprint density at radius 2 is 1.46 bits per heavy atom. The number of hydrogen-bond acceptors (Lipinski definition) is 6. The molecule has 1 heterocycles. The van der Waals surface area contributed by atoms with Gasteiger partial charge in [-0.2, -0.15) is 0 Å². The van der Waals surface area contributed by atoms with Gasteiger partial charge in [0, 0.05) is 25.1 Å². The molecule has 0 aromatic heterocycles. The monoisotopic (exact) mass is 645 g/mol. The molecule has 0 bridgehead atoms. The molecule has 0 spiro atoms. The molecule has 0 saturated carbocycles. The second-order valence-electron chi connectivity index (χ2n) is 11.2. The third kappa shape index (κ3) is 7.84. The fourth-order valence-electron chi connectivity index (χ4n) is 5.16. The quantitative estimate of drug-likeness (QED) is 0.234. The lowest BCUT2D eigenvalue weighted by molar-refractivity contribution is -0.140. The van der Waals surface area contributed by atoms with E-state index in [0.717, 1.165) is 9.87 Å². The number of nitrogens with zero attached hydrogens (tertiary/aromatic N) is 2. The van der Waals surface area contributed by atoms with E-state index in [9.17, 15) is 22.4 Å². The number of hydrogen-bond donors (Lipinski definition) is 1. The van der Waals surface area contributed by atoms with Crippen molar-refractivity contribution in [1.29, 1.82) is 0 Å². The molecule has 1 aliphatic rings. The lowest BCUT2D eigenvalue weighted by atomic mass is 10.0. The highest BCUT2D eigenvalue weighted by Gasteiger charge is 2.35. The predicted molar refractivity (Wildman–Crippen MR) is 173 cm³/mol. The van der Waals surface area contributed by atoms with Crippen molar-refractivity contribution in [3.8, 4) is 11.5 Å². The Balaban J connectivity index is 1.58. The first-order valence-electron chi connectivity index (χ1n) is 15.0. The Morgan fingerprint density at radius 1 is 0.826 bits per heavy atom. The maximum absolute atomic E-state index is 14.5. The third-order valence-electron chi connectivity index (χ3n) is 7.39. The Kier molecular flexibility index (Phi) is 10.2. The van der Waals surface area contributed by atoms with Crippen molar-refractivity contribution in [2.45, 2.75) is 43.8 Å². The summed E-state index contributed by atoms with van der Waals surface area (Å²) in [5.41, 5.74) is 1.57. The molecule has 0 aliphatic carbocycles. The zero-order valence-corrected chi connectivity index (χ0v) is 26.5. The number of halogens is 1. The summed E-state index contributed by atoms with van der Waals surface area (Å²) in [5.74, 6) is -0.654. The largest absolute Gasteiger partial charge is 0.486 e. The predicted octanol–water partition coefficient (Wildman–Crippen LogP) is 4.96. The number of amides is 2. The fraction of sp³-hybridized carbons (Fsp3) is 0.257. The highest BCUT2D eigenvalue weighted by molar-refractivity contribution is 7.92. The van der Waals surface area contributed by atoms with E-state index < -0.39 is 40.2 Å². The molecule has 11 heteroatoms. The lowest BCUT2D eigenvalue weighted by Gasteiger charge is -2.34. The van der Waals surface area contributed by atoms with Crippen molar-refractivity contribution >= 4 is 27.5 Å². The van der Waals surface area contributed by atoms with Gasteiger partial charge in [-0.15, -0.1) is 0 Å². The van der Waals surface area contributed by atoms with E-state index in [2.05, 4.69) is 5.32 Å². The topological polar surface area (TPSA) is 105 Å². The molecule has 9 nitrogen and oxygen atoms in total. The number of fused-ring (bicyclic) bond motifs is 1. The van der Waals surface area contributed by atoms with E-state index in [1.165, 1.54) is 47.4 Å². The minimum atomic E-state index is -4.27. The number of benzene rings is 4. The van der Waals surface area contributed by atoms with Crippen LogP contribution in [-0.2, 0) is 32.6 Å². The normalized spacial score (nSPS) is 13.1. The average Bonchev–Trinajstić information content (AvgIpc) is 3.06. The molecule has 1 aliphatic heterocycles.